The Hall–Kier alpha value is -4.50. The Morgan fingerprint density at radius 3 is 2.39 bits per heavy atom. The summed E-state index contributed by atoms with van der Waals surface area (Å²) in [6.45, 7) is 0.537. The maximum Gasteiger partial charge on any atom is 0.157 e. The van der Waals surface area contributed by atoms with Crippen molar-refractivity contribution in [3.8, 4) is 39.8 Å². The van der Waals surface area contributed by atoms with E-state index in [9.17, 15) is 0 Å². The summed E-state index contributed by atoms with van der Waals surface area (Å²) in [5.74, 6) is 2.66. The van der Waals surface area contributed by atoms with E-state index < -0.39 is 0 Å². The molecule has 0 spiro atoms. The monoisotopic (exact) mass is 531 g/mol. The van der Waals surface area contributed by atoms with Gasteiger partial charge >= 0.3 is 0 Å². The molecule has 5 aromatic rings. The van der Waals surface area contributed by atoms with Crippen LogP contribution in [0, 0.1) is 0 Å². The maximum absolute atomic E-state index is 6.52. The van der Waals surface area contributed by atoms with Gasteiger partial charge in [-0.1, -0.05) is 17.7 Å². The summed E-state index contributed by atoms with van der Waals surface area (Å²) in [5.41, 5.74) is 5.10. The van der Waals surface area contributed by atoms with E-state index in [1.165, 1.54) is 0 Å². The van der Waals surface area contributed by atoms with Crippen LogP contribution in [-0.4, -0.2) is 48.4 Å². The molecule has 2 heterocycles. The molecule has 38 heavy (non-hydrogen) atoms. The van der Waals surface area contributed by atoms with Gasteiger partial charge in [0, 0.05) is 35.2 Å². The molecular formula is C28H26ClN5O4. The Labute approximate surface area is 224 Å². The van der Waals surface area contributed by atoms with Crippen molar-refractivity contribution in [1.29, 1.82) is 0 Å². The zero-order chi connectivity index (χ0) is 26.6. The van der Waals surface area contributed by atoms with Crippen molar-refractivity contribution in [2.75, 3.05) is 33.8 Å². The number of nitrogens with one attached hydrogen (secondary N) is 1. The minimum Gasteiger partial charge on any atom is -0.497 e. The molecule has 0 atom stereocenters. The second kappa shape index (κ2) is 10.9. The lowest BCUT2D eigenvalue weighted by atomic mass is 10.0. The molecule has 2 aromatic heterocycles. The van der Waals surface area contributed by atoms with E-state index in [4.69, 9.17) is 30.5 Å². The summed E-state index contributed by atoms with van der Waals surface area (Å²) in [7, 11) is 6.45. The van der Waals surface area contributed by atoms with Crippen molar-refractivity contribution < 1.29 is 18.9 Å². The summed E-state index contributed by atoms with van der Waals surface area (Å²) >= 11 is 6.52. The molecule has 0 fully saturated rings. The number of hydrogen-bond donors (Lipinski definition) is 1. The first-order valence-electron chi connectivity index (χ1n) is 11.7. The molecule has 0 aliphatic heterocycles. The van der Waals surface area contributed by atoms with Crippen LogP contribution < -0.4 is 24.3 Å². The number of ether oxygens (including phenoxy) is 4. The van der Waals surface area contributed by atoms with Crippen molar-refractivity contribution in [3.63, 3.8) is 0 Å². The minimum absolute atomic E-state index is 0.486. The first-order valence-corrected chi connectivity index (χ1v) is 12.1. The fourth-order valence-electron chi connectivity index (χ4n) is 4.22. The van der Waals surface area contributed by atoms with E-state index >= 15 is 0 Å². The number of anilines is 1. The van der Waals surface area contributed by atoms with Gasteiger partial charge in [0.2, 0.25) is 0 Å². The predicted octanol–water partition coefficient (Wildman–Crippen LogP) is 5.78. The average molecular weight is 532 g/mol. The molecule has 0 saturated carbocycles. The van der Waals surface area contributed by atoms with Crippen LogP contribution in [0.4, 0.5) is 5.69 Å². The van der Waals surface area contributed by atoms with Gasteiger partial charge in [-0.15, -0.1) is 0 Å². The second-order valence-electron chi connectivity index (χ2n) is 8.35. The van der Waals surface area contributed by atoms with Crippen LogP contribution in [0.2, 0.25) is 5.02 Å². The van der Waals surface area contributed by atoms with Gasteiger partial charge in [-0.05, 0) is 35.9 Å². The zero-order valence-electron chi connectivity index (χ0n) is 21.4. The van der Waals surface area contributed by atoms with Gasteiger partial charge in [0.15, 0.2) is 5.75 Å². The summed E-state index contributed by atoms with van der Waals surface area (Å²) in [6.07, 6.45) is 5.15. The number of halogens is 1. The smallest absolute Gasteiger partial charge is 0.157 e. The summed E-state index contributed by atoms with van der Waals surface area (Å²) in [6, 6.07) is 15.4. The van der Waals surface area contributed by atoms with Gasteiger partial charge in [-0.25, -0.2) is 4.68 Å². The minimum atomic E-state index is 0.486. The van der Waals surface area contributed by atoms with E-state index in [0.29, 0.717) is 23.1 Å². The molecular weight excluding hydrogens is 506 g/mol. The fourth-order valence-corrected chi connectivity index (χ4v) is 4.46. The van der Waals surface area contributed by atoms with Crippen LogP contribution >= 0.6 is 11.6 Å². The molecule has 3 aromatic carbocycles. The summed E-state index contributed by atoms with van der Waals surface area (Å²) in [4.78, 5) is 0. The third-order valence-corrected chi connectivity index (χ3v) is 6.52. The molecule has 0 radical (unpaired) electrons. The summed E-state index contributed by atoms with van der Waals surface area (Å²) in [5, 5.41) is 17.9. The van der Waals surface area contributed by atoms with Gasteiger partial charge in [0.05, 0.1) is 68.9 Å². The highest BCUT2D eigenvalue weighted by Gasteiger charge is 2.16. The lowest BCUT2D eigenvalue weighted by molar-refractivity contribution is 0.391. The highest BCUT2D eigenvalue weighted by Crippen LogP contribution is 2.37. The van der Waals surface area contributed by atoms with E-state index in [0.717, 1.165) is 50.5 Å². The fraction of sp³-hybridized carbons (Fsp3) is 0.179. The standard InChI is InChI=1S/C28H26ClN5O4/c1-35-19-7-5-18(27(10-19)37-3)13-30-25-15-31-33-24-9-17(6-8-21(24)25)22-11-23(29)28(38-4)12-26(22)34-16-20(36-2)14-32-34/h5-12,14-16H,13H2,1-4H3,(H,30,33). The lowest BCUT2D eigenvalue weighted by Crippen LogP contribution is -2.04. The number of hydrogen-bond acceptors (Lipinski definition) is 8. The van der Waals surface area contributed by atoms with Crippen molar-refractivity contribution in [2.45, 2.75) is 6.54 Å². The number of benzene rings is 3. The van der Waals surface area contributed by atoms with Crippen molar-refractivity contribution in [1.82, 2.24) is 20.0 Å². The third-order valence-electron chi connectivity index (χ3n) is 6.23. The molecule has 194 valence electrons. The Morgan fingerprint density at radius 1 is 0.842 bits per heavy atom. The van der Waals surface area contributed by atoms with Crippen LogP contribution in [-0.2, 0) is 6.54 Å². The molecule has 0 saturated heterocycles. The van der Waals surface area contributed by atoms with E-state index in [-0.39, 0.29) is 0 Å². The molecule has 0 unspecified atom stereocenters. The number of rotatable bonds is 9. The molecule has 0 aliphatic rings. The predicted molar refractivity (Wildman–Crippen MR) is 147 cm³/mol. The van der Waals surface area contributed by atoms with Crippen molar-refractivity contribution >= 4 is 28.2 Å². The Balaban J connectivity index is 1.51. The topological polar surface area (TPSA) is 92.5 Å². The highest BCUT2D eigenvalue weighted by atomic mass is 35.5. The molecule has 10 heteroatoms. The summed E-state index contributed by atoms with van der Waals surface area (Å²) < 4.78 is 23.3. The molecule has 0 bridgehead atoms. The number of methoxy groups -OCH3 is 4. The van der Waals surface area contributed by atoms with Gasteiger partial charge in [-0.3, -0.25) is 0 Å². The van der Waals surface area contributed by atoms with E-state index in [2.05, 4.69) is 20.6 Å². The first kappa shape index (κ1) is 25.2. The quantitative estimate of drug-likeness (QED) is 0.256. The third kappa shape index (κ3) is 4.88. The maximum atomic E-state index is 6.52. The van der Waals surface area contributed by atoms with Crippen molar-refractivity contribution in [3.05, 3.63) is 77.7 Å². The van der Waals surface area contributed by atoms with Crippen LogP contribution in [0.5, 0.6) is 23.0 Å². The average Bonchev–Trinajstić information content (AvgIpc) is 3.44. The normalized spacial score (nSPS) is 10.9. The lowest BCUT2D eigenvalue weighted by Gasteiger charge is -2.15. The van der Waals surface area contributed by atoms with E-state index in [1.807, 2.05) is 48.5 Å². The van der Waals surface area contributed by atoms with Crippen LogP contribution in [0.1, 0.15) is 5.56 Å². The Kier molecular flexibility index (Phi) is 7.19. The van der Waals surface area contributed by atoms with Crippen molar-refractivity contribution in [2.24, 2.45) is 0 Å². The zero-order valence-corrected chi connectivity index (χ0v) is 22.1. The van der Waals surface area contributed by atoms with Crippen LogP contribution in [0.3, 0.4) is 0 Å². The van der Waals surface area contributed by atoms with E-state index in [1.54, 1.807) is 51.7 Å². The van der Waals surface area contributed by atoms with Crippen LogP contribution in [0.25, 0.3) is 27.7 Å². The molecule has 1 N–H and O–H groups in total. The first-order chi connectivity index (χ1) is 18.5. The Morgan fingerprint density at radius 2 is 1.66 bits per heavy atom. The molecule has 5 rings (SSSR count). The Bertz CT molecular complexity index is 1600. The van der Waals surface area contributed by atoms with Gasteiger partial charge < -0.3 is 24.3 Å². The molecule has 0 amide bonds. The number of aromatic nitrogens is 4. The van der Waals surface area contributed by atoms with Gasteiger partial charge in [-0.2, -0.15) is 15.3 Å². The van der Waals surface area contributed by atoms with Crippen LogP contribution in [0.15, 0.2) is 67.1 Å². The van der Waals surface area contributed by atoms with Gasteiger partial charge in [0.1, 0.15) is 17.2 Å². The number of fused-ring (bicyclic) bond motifs is 1. The second-order valence-corrected chi connectivity index (χ2v) is 8.76. The highest BCUT2D eigenvalue weighted by molar-refractivity contribution is 6.32. The number of nitrogens with zero attached hydrogens (tertiary/aromatic N) is 4. The molecule has 0 aliphatic carbocycles. The molecule has 9 nitrogen and oxygen atoms in total. The SMILES string of the molecule is COc1ccc(CNc2cnnc3cc(-c4cc(Cl)c(OC)cc4-n4cc(OC)cn4)ccc23)c(OC)c1. The van der Waals surface area contributed by atoms with Gasteiger partial charge in [0.25, 0.3) is 0 Å². The largest absolute Gasteiger partial charge is 0.497 e.